The number of hydrogen-bond donors (Lipinski definition) is 0. The topological polar surface area (TPSA) is 30.1 Å². The number of benzene rings is 8. The Bertz CT molecular complexity index is 3220. The monoisotopic (exact) mass is 673 g/mol. The number of fused-ring (bicyclic) bond motifs is 12. The van der Waals surface area contributed by atoms with Crippen molar-refractivity contribution in [2.45, 2.75) is 19.3 Å². The average molecular weight is 674 g/mol. The van der Waals surface area contributed by atoms with Gasteiger partial charge in [-0.2, -0.15) is 0 Å². The molecule has 53 heavy (non-hydrogen) atoms. The fraction of sp³-hybridized carbons (Fsp3) is 0.0600. The first-order chi connectivity index (χ1) is 26.0. The van der Waals surface area contributed by atoms with E-state index in [0.717, 1.165) is 43.8 Å². The lowest BCUT2D eigenvalue weighted by atomic mass is 9.80. The second-order valence-corrected chi connectivity index (χ2v) is 14.8. The molecule has 1 aliphatic rings. The van der Waals surface area contributed by atoms with E-state index in [4.69, 9.17) is 16.5 Å². The van der Waals surface area contributed by atoms with Gasteiger partial charge in [0.15, 0.2) is 5.69 Å². The van der Waals surface area contributed by atoms with Gasteiger partial charge in [-0.15, -0.1) is 0 Å². The summed E-state index contributed by atoms with van der Waals surface area (Å²) in [5.74, 6) is 0. The molecule has 2 heterocycles. The van der Waals surface area contributed by atoms with E-state index in [1.807, 2.05) is 18.3 Å². The predicted octanol–water partition coefficient (Wildman–Crippen LogP) is 13.6. The highest BCUT2D eigenvalue weighted by Gasteiger charge is 2.36. The minimum Gasteiger partial charge on any atom is -0.256 e. The normalized spacial score (nSPS) is 13.2. The Morgan fingerprint density at radius 2 is 1.15 bits per heavy atom. The molecule has 0 saturated heterocycles. The van der Waals surface area contributed by atoms with Crippen LogP contribution in [-0.4, -0.2) is 9.97 Å². The summed E-state index contributed by atoms with van der Waals surface area (Å²) in [7, 11) is 0. The zero-order chi connectivity index (χ0) is 35.4. The lowest BCUT2D eigenvalue weighted by Crippen LogP contribution is -2.15. The first-order valence-corrected chi connectivity index (χ1v) is 18.1. The second kappa shape index (κ2) is 10.8. The third-order valence-corrected chi connectivity index (χ3v) is 11.7. The molecule has 246 valence electrons. The number of rotatable bonds is 2. The number of hydrogen-bond acceptors (Lipinski definition) is 2. The summed E-state index contributed by atoms with van der Waals surface area (Å²) >= 11 is 0. The zero-order valence-electron chi connectivity index (χ0n) is 29.3. The van der Waals surface area contributed by atoms with Gasteiger partial charge in [-0.05, 0) is 78.5 Å². The molecule has 2 aromatic heterocycles. The molecule has 0 fully saturated rings. The highest BCUT2D eigenvalue weighted by Crippen LogP contribution is 2.52. The van der Waals surface area contributed by atoms with Gasteiger partial charge in [-0.1, -0.05) is 141 Å². The second-order valence-electron chi connectivity index (χ2n) is 14.8. The van der Waals surface area contributed by atoms with Crippen molar-refractivity contribution < 1.29 is 0 Å². The van der Waals surface area contributed by atoms with E-state index in [0.29, 0.717) is 5.69 Å². The van der Waals surface area contributed by atoms with Crippen LogP contribution in [0.5, 0.6) is 0 Å². The summed E-state index contributed by atoms with van der Waals surface area (Å²) in [6, 6.07) is 52.4. The summed E-state index contributed by atoms with van der Waals surface area (Å²) in [6.07, 6.45) is 1.90. The molecule has 1 aliphatic carbocycles. The minimum absolute atomic E-state index is 0.233. The Morgan fingerprint density at radius 3 is 1.89 bits per heavy atom. The van der Waals surface area contributed by atoms with Crippen molar-refractivity contribution in [3.8, 4) is 33.5 Å². The first kappa shape index (κ1) is 29.8. The minimum atomic E-state index is -0.233. The van der Waals surface area contributed by atoms with E-state index >= 15 is 0 Å². The van der Waals surface area contributed by atoms with Crippen LogP contribution in [0.15, 0.2) is 152 Å². The molecule has 0 saturated carbocycles. The standard InChI is InChI=1S/C50H31N3/c1-50(2)41-27-31(21-23-33(41)34-25-22-32(51-3)28-42(34)50)44-35-12-4-6-14-37(35)47(38-15-7-5-13-36(38)44)49-40-24-20-29-18-19-30-11-10-26-52-48(30)45(29)46(40)39-16-8-9-17-43(39)53-49/h4-28H,1-2H3. The zero-order valence-corrected chi connectivity index (χ0v) is 29.3. The van der Waals surface area contributed by atoms with Gasteiger partial charge in [0.2, 0.25) is 0 Å². The molecular formula is C50H31N3. The number of nitrogens with zero attached hydrogens (tertiary/aromatic N) is 3. The summed E-state index contributed by atoms with van der Waals surface area (Å²) in [6.45, 7) is 12.2. The predicted molar refractivity (Wildman–Crippen MR) is 222 cm³/mol. The fourth-order valence-corrected chi connectivity index (χ4v) is 9.23. The molecule has 0 atom stereocenters. The fourth-order valence-electron chi connectivity index (χ4n) is 9.23. The van der Waals surface area contributed by atoms with E-state index in [1.54, 1.807) is 0 Å². The highest BCUT2D eigenvalue weighted by atomic mass is 14.7. The van der Waals surface area contributed by atoms with Crippen LogP contribution < -0.4 is 0 Å². The Hall–Kier alpha value is -6.89. The van der Waals surface area contributed by atoms with Gasteiger partial charge < -0.3 is 0 Å². The lowest BCUT2D eigenvalue weighted by molar-refractivity contribution is 0.661. The summed E-state index contributed by atoms with van der Waals surface area (Å²) < 4.78 is 0. The number of para-hydroxylation sites is 1. The van der Waals surface area contributed by atoms with Crippen LogP contribution in [0.25, 0.3) is 103 Å². The van der Waals surface area contributed by atoms with Crippen molar-refractivity contribution in [3.63, 3.8) is 0 Å². The van der Waals surface area contributed by atoms with Gasteiger partial charge >= 0.3 is 0 Å². The Labute approximate surface area is 306 Å². The Balaban J connectivity index is 1.25. The summed E-state index contributed by atoms with van der Waals surface area (Å²) in [4.78, 5) is 14.2. The van der Waals surface area contributed by atoms with Crippen LogP contribution in [0, 0.1) is 6.57 Å². The number of aromatic nitrogens is 2. The maximum atomic E-state index is 7.65. The Kier molecular flexibility index (Phi) is 6.08. The quantitative estimate of drug-likeness (QED) is 0.104. The van der Waals surface area contributed by atoms with Crippen LogP contribution in [0.3, 0.4) is 0 Å². The van der Waals surface area contributed by atoms with Crippen molar-refractivity contribution in [1.29, 1.82) is 0 Å². The molecule has 8 aromatic carbocycles. The van der Waals surface area contributed by atoms with Gasteiger partial charge in [-0.3, -0.25) is 4.98 Å². The van der Waals surface area contributed by atoms with Gasteiger partial charge in [0.1, 0.15) is 0 Å². The molecule has 0 bridgehead atoms. The molecule has 0 spiro atoms. The Morgan fingerprint density at radius 1 is 0.528 bits per heavy atom. The largest absolute Gasteiger partial charge is 0.256 e. The van der Waals surface area contributed by atoms with Gasteiger partial charge in [0, 0.05) is 44.1 Å². The van der Waals surface area contributed by atoms with Crippen LogP contribution in [-0.2, 0) is 5.41 Å². The number of pyridine rings is 2. The average Bonchev–Trinajstić information content (AvgIpc) is 3.43. The molecule has 3 heteroatoms. The van der Waals surface area contributed by atoms with Crippen molar-refractivity contribution in [2.75, 3.05) is 0 Å². The van der Waals surface area contributed by atoms with Crippen LogP contribution in [0.1, 0.15) is 25.0 Å². The van der Waals surface area contributed by atoms with E-state index in [-0.39, 0.29) is 5.41 Å². The molecule has 11 rings (SSSR count). The van der Waals surface area contributed by atoms with Gasteiger partial charge in [-0.25, -0.2) is 9.83 Å². The van der Waals surface area contributed by atoms with Gasteiger partial charge in [0.25, 0.3) is 0 Å². The van der Waals surface area contributed by atoms with Crippen LogP contribution in [0.4, 0.5) is 5.69 Å². The maximum Gasteiger partial charge on any atom is 0.187 e. The molecule has 3 nitrogen and oxygen atoms in total. The molecule has 0 amide bonds. The molecule has 10 aromatic rings. The van der Waals surface area contributed by atoms with Crippen LogP contribution >= 0.6 is 0 Å². The third-order valence-electron chi connectivity index (χ3n) is 11.7. The van der Waals surface area contributed by atoms with E-state index in [1.165, 1.54) is 65.7 Å². The smallest absolute Gasteiger partial charge is 0.187 e. The molecule has 0 N–H and O–H groups in total. The van der Waals surface area contributed by atoms with E-state index in [2.05, 4.69) is 152 Å². The van der Waals surface area contributed by atoms with Crippen molar-refractivity contribution in [1.82, 2.24) is 9.97 Å². The maximum absolute atomic E-state index is 7.65. The van der Waals surface area contributed by atoms with Crippen LogP contribution in [0.2, 0.25) is 0 Å². The first-order valence-electron chi connectivity index (χ1n) is 18.1. The molecule has 0 radical (unpaired) electrons. The SMILES string of the molecule is [C-]#[N+]c1ccc2c(c1)C(C)(C)c1cc(-c3c4ccccc4c(-c4nc5ccccc5c5c4ccc4ccc6cccnc6c45)c4ccccc34)ccc1-2. The van der Waals surface area contributed by atoms with Gasteiger partial charge in [0.05, 0.1) is 23.3 Å². The lowest BCUT2D eigenvalue weighted by Gasteiger charge is -2.23. The molecule has 0 unspecified atom stereocenters. The molecule has 0 aliphatic heterocycles. The van der Waals surface area contributed by atoms with Crippen molar-refractivity contribution >= 4 is 70.6 Å². The summed E-state index contributed by atoms with van der Waals surface area (Å²) in [5, 5.41) is 11.6. The third kappa shape index (κ3) is 4.09. The highest BCUT2D eigenvalue weighted by molar-refractivity contribution is 6.31. The van der Waals surface area contributed by atoms with E-state index < -0.39 is 0 Å². The molecular weight excluding hydrogens is 643 g/mol. The van der Waals surface area contributed by atoms with E-state index in [9.17, 15) is 0 Å². The summed E-state index contributed by atoms with van der Waals surface area (Å²) in [5.41, 5.74) is 11.9. The van der Waals surface area contributed by atoms with Crippen molar-refractivity contribution in [2.24, 2.45) is 0 Å². The van der Waals surface area contributed by atoms with Crippen molar-refractivity contribution in [3.05, 3.63) is 174 Å².